The van der Waals surface area contributed by atoms with E-state index in [4.69, 9.17) is 10.3 Å². The lowest BCUT2D eigenvalue weighted by Crippen LogP contribution is -2.44. The number of rotatable bonds is 3. The smallest absolute Gasteiger partial charge is 0.250 e. The van der Waals surface area contributed by atoms with Crippen LogP contribution < -0.4 is 5.73 Å². The molecule has 23 heavy (non-hydrogen) atoms. The zero-order valence-corrected chi connectivity index (χ0v) is 13.2. The average molecular weight is 330 g/mol. The van der Waals surface area contributed by atoms with Crippen LogP contribution in [0.1, 0.15) is 36.7 Å². The molecule has 0 atom stereocenters. The Morgan fingerprint density at radius 2 is 1.87 bits per heavy atom. The van der Waals surface area contributed by atoms with Crippen molar-refractivity contribution in [2.45, 2.75) is 24.8 Å². The molecule has 0 radical (unpaired) electrons. The molecular weight excluding hydrogens is 314 g/mol. The Morgan fingerprint density at radius 3 is 2.61 bits per heavy atom. The van der Waals surface area contributed by atoms with Crippen LogP contribution in [0, 0.1) is 0 Å². The lowest BCUT2D eigenvalue weighted by Gasteiger charge is -2.34. The molecule has 2 aromatic heterocycles. The van der Waals surface area contributed by atoms with E-state index in [1.165, 1.54) is 0 Å². The quantitative estimate of drug-likeness (QED) is 0.794. The van der Waals surface area contributed by atoms with Crippen molar-refractivity contribution in [1.82, 2.24) is 20.1 Å². The molecule has 0 saturated heterocycles. The molecule has 118 valence electrons. The van der Waals surface area contributed by atoms with Crippen LogP contribution in [0.25, 0.3) is 23.2 Å². The highest BCUT2D eigenvalue weighted by molar-refractivity contribution is 5.85. The third-order valence-electron chi connectivity index (χ3n) is 4.00. The standard InChI is InChI=1S/C16H15N5O.ClH/c17-16(8-3-9-16)15-20-14(22-21-15)7-6-11-10-18-12-4-1-2-5-13(12)19-11;/h1-2,4-7,10H,3,8-9,17H2;1H/b7-6+;. The first kappa shape index (κ1) is 15.6. The molecule has 3 aromatic rings. The first-order valence-corrected chi connectivity index (χ1v) is 7.26. The van der Waals surface area contributed by atoms with Gasteiger partial charge in [0.15, 0.2) is 5.82 Å². The van der Waals surface area contributed by atoms with E-state index in [0.29, 0.717) is 11.7 Å². The van der Waals surface area contributed by atoms with Gasteiger partial charge in [0, 0.05) is 6.08 Å². The number of para-hydroxylation sites is 2. The third kappa shape index (κ3) is 2.95. The van der Waals surface area contributed by atoms with Gasteiger partial charge in [-0.1, -0.05) is 17.3 Å². The van der Waals surface area contributed by atoms with E-state index >= 15 is 0 Å². The lowest BCUT2D eigenvalue weighted by molar-refractivity contribution is 0.229. The van der Waals surface area contributed by atoms with Gasteiger partial charge in [0.2, 0.25) is 0 Å². The summed E-state index contributed by atoms with van der Waals surface area (Å²) in [7, 11) is 0. The summed E-state index contributed by atoms with van der Waals surface area (Å²) in [6.07, 6.45) is 8.19. The Labute approximate surface area is 139 Å². The number of hydrogen-bond donors (Lipinski definition) is 1. The fourth-order valence-electron chi connectivity index (χ4n) is 2.49. The maximum absolute atomic E-state index is 6.18. The highest BCUT2D eigenvalue weighted by atomic mass is 35.5. The van der Waals surface area contributed by atoms with Crippen molar-refractivity contribution < 1.29 is 4.52 Å². The summed E-state index contributed by atoms with van der Waals surface area (Å²) < 4.78 is 5.22. The second-order valence-electron chi connectivity index (χ2n) is 5.58. The molecule has 7 heteroatoms. The molecule has 1 aromatic carbocycles. The van der Waals surface area contributed by atoms with Crippen LogP contribution in [0.3, 0.4) is 0 Å². The molecule has 1 aliphatic carbocycles. The first-order valence-electron chi connectivity index (χ1n) is 7.26. The van der Waals surface area contributed by atoms with Gasteiger partial charge in [0.1, 0.15) is 0 Å². The number of benzene rings is 1. The van der Waals surface area contributed by atoms with E-state index in [1.807, 2.05) is 24.3 Å². The van der Waals surface area contributed by atoms with E-state index in [1.54, 1.807) is 18.3 Å². The summed E-state index contributed by atoms with van der Waals surface area (Å²) in [4.78, 5) is 13.2. The van der Waals surface area contributed by atoms with Gasteiger partial charge in [-0.15, -0.1) is 12.4 Å². The molecule has 0 unspecified atom stereocenters. The van der Waals surface area contributed by atoms with Crippen LogP contribution in [0.5, 0.6) is 0 Å². The van der Waals surface area contributed by atoms with Gasteiger partial charge in [-0.05, 0) is 37.5 Å². The van der Waals surface area contributed by atoms with E-state index in [-0.39, 0.29) is 12.4 Å². The monoisotopic (exact) mass is 329 g/mol. The van der Waals surface area contributed by atoms with Crippen molar-refractivity contribution in [3.63, 3.8) is 0 Å². The summed E-state index contributed by atoms with van der Waals surface area (Å²) in [6, 6.07) is 7.74. The summed E-state index contributed by atoms with van der Waals surface area (Å²) in [5.74, 6) is 1.02. The molecule has 4 rings (SSSR count). The Hall–Kier alpha value is -2.31. The topological polar surface area (TPSA) is 90.7 Å². The number of hydrogen-bond acceptors (Lipinski definition) is 6. The van der Waals surface area contributed by atoms with Gasteiger partial charge in [0.05, 0.1) is 28.5 Å². The Bertz CT molecular complexity index is 856. The first-order chi connectivity index (χ1) is 10.7. The largest absolute Gasteiger partial charge is 0.335 e. The predicted octanol–water partition coefficient (Wildman–Crippen LogP) is 2.94. The minimum atomic E-state index is -0.404. The minimum Gasteiger partial charge on any atom is -0.335 e. The van der Waals surface area contributed by atoms with Crippen molar-refractivity contribution in [1.29, 1.82) is 0 Å². The molecule has 1 aliphatic rings. The number of nitrogens with zero attached hydrogens (tertiary/aromatic N) is 4. The summed E-state index contributed by atoms with van der Waals surface area (Å²) >= 11 is 0. The Kier molecular flexibility index (Phi) is 4.11. The molecule has 1 fully saturated rings. The predicted molar refractivity (Wildman–Crippen MR) is 89.7 cm³/mol. The maximum atomic E-state index is 6.18. The molecule has 2 N–H and O–H groups in total. The van der Waals surface area contributed by atoms with E-state index in [2.05, 4.69) is 20.1 Å². The molecule has 0 amide bonds. The van der Waals surface area contributed by atoms with Crippen molar-refractivity contribution >= 4 is 35.6 Å². The maximum Gasteiger partial charge on any atom is 0.250 e. The van der Waals surface area contributed by atoms with Crippen LogP contribution in [-0.2, 0) is 5.54 Å². The molecule has 6 nitrogen and oxygen atoms in total. The van der Waals surface area contributed by atoms with Gasteiger partial charge in [-0.3, -0.25) is 4.98 Å². The number of fused-ring (bicyclic) bond motifs is 1. The second kappa shape index (κ2) is 6.06. The summed E-state index contributed by atoms with van der Waals surface area (Å²) in [6.45, 7) is 0. The van der Waals surface area contributed by atoms with Gasteiger partial charge in [-0.2, -0.15) is 4.98 Å². The molecule has 0 spiro atoms. The van der Waals surface area contributed by atoms with Crippen molar-refractivity contribution in [3.8, 4) is 0 Å². The van der Waals surface area contributed by atoms with E-state index < -0.39 is 5.54 Å². The summed E-state index contributed by atoms with van der Waals surface area (Å²) in [5, 5.41) is 3.97. The van der Waals surface area contributed by atoms with Gasteiger partial charge in [-0.25, -0.2) is 4.98 Å². The van der Waals surface area contributed by atoms with Gasteiger partial charge < -0.3 is 10.3 Å². The molecule has 2 heterocycles. The number of aromatic nitrogens is 4. The third-order valence-corrected chi connectivity index (χ3v) is 4.00. The zero-order valence-electron chi connectivity index (χ0n) is 12.3. The van der Waals surface area contributed by atoms with E-state index in [0.717, 1.165) is 36.0 Å². The normalized spacial score (nSPS) is 16.2. The fourth-order valence-corrected chi connectivity index (χ4v) is 2.49. The lowest BCUT2D eigenvalue weighted by atomic mass is 9.77. The van der Waals surface area contributed by atoms with Crippen molar-refractivity contribution in [2.75, 3.05) is 0 Å². The number of nitrogens with two attached hydrogens (primary N) is 1. The molecule has 0 aliphatic heterocycles. The highest BCUT2D eigenvalue weighted by Crippen LogP contribution is 2.36. The van der Waals surface area contributed by atoms with Gasteiger partial charge >= 0.3 is 0 Å². The van der Waals surface area contributed by atoms with Crippen LogP contribution in [-0.4, -0.2) is 20.1 Å². The van der Waals surface area contributed by atoms with Crippen LogP contribution in [0.4, 0.5) is 0 Å². The van der Waals surface area contributed by atoms with Crippen LogP contribution in [0.15, 0.2) is 35.0 Å². The van der Waals surface area contributed by atoms with Gasteiger partial charge in [0.25, 0.3) is 5.89 Å². The van der Waals surface area contributed by atoms with Crippen molar-refractivity contribution in [2.24, 2.45) is 5.73 Å². The average Bonchev–Trinajstić information content (AvgIpc) is 3.00. The Balaban J connectivity index is 0.00000156. The highest BCUT2D eigenvalue weighted by Gasteiger charge is 2.38. The Morgan fingerprint density at radius 1 is 1.09 bits per heavy atom. The molecule has 1 saturated carbocycles. The van der Waals surface area contributed by atoms with Crippen molar-refractivity contribution in [3.05, 3.63) is 47.9 Å². The second-order valence-corrected chi connectivity index (χ2v) is 5.58. The van der Waals surface area contributed by atoms with E-state index in [9.17, 15) is 0 Å². The minimum absolute atomic E-state index is 0. The van der Waals surface area contributed by atoms with Crippen LogP contribution >= 0.6 is 12.4 Å². The SMILES string of the molecule is Cl.NC1(c2noc(/C=C/c3cnc4ccccc4n3)n2)CCC1. The zero-order chi connectivity index (χ0) is 15.0. The summed E-state index contributed by atoms with van der Waals surface area (Å²) in [5.41, 5.74) is 8.23. The number of halogens is 1. The molecular formula is C16H16ClN5O. The van der Waals surface area contributed by atoms with Crippen LogP contribution in [0.2, 0.25) is 0 Å². The fraction of sp³-hybridized carbons (Fsp3) is 0.250. The molecule has 0 bridgehead atoms.